The molecule has 196 valence electrons. The molecule has 0 bridgehead atoms. The van der Waals surface area contributed by atoms with Crippen LogP contribution in [0, 0.1) is 0 Å². The molecule has 1 aromatic heterocycles. The van der Waals surface area contributed by atoms with Crippen molar-refractivity contribution in [1.82, 2.24) is 9.47 Å². The summed E-state index contributed by atoms with van der Waals surface area (Å²) in [5, 5.41) is 29.0. The molecule has 0 saturated carbocycles. The molecule has 0 atom stereocenters. The normalized spacial score (nSPS) is 14.0. The Hall–Kier alpha value is -3.37. The number of fused-ring (bicyclic) bond motifs is 1. The third-order valence-corrected chi connectivity index (χ3v) is 7.34. The van der Waals surface area contributed by atoms with Gasteiger partial charge in [0.2, 0.25) is 5.88 Å². The smallest absolute Gasteiger partial charge is 0.362 e. The van der Waals surface area contributed by atoms with Crippen molar-refractivity contribution in [3.05, 3.63) is 53.6 Å². The number of aromatic hydroxyl groups is 1. The monoisotopic (exact) mass is 524 g/mol. The number of aromatic carboxylic acids is 1. The summed E-state index contributed by atoms with van der Waals surface area (Å²) < 4.78 is 7.14. The maximum absolute atomic E-state index is 12.5. The predicted octanol–water partition coefficient (Wildman–Crippen LogP) is 6.11. The number of aromatic nitrogens is 1. The van der Waals surface area contributed by atoms with Gasteiger partial charge >= 0.3 is 12.0 Å². The predicted molar refractivity (Wildman–Crippen MR) is 143 cm³/mol. The summed E-state index contributed by atoms with van der Waals surface area (Å²) in [5.74, 6) is -0.114. The van der Waals surface area contributed by atoms with Gasteiger partial charge in [-0.15, -0.1) is 16.9 Å². The third-order valence-electron chi connectivity index (χ3n) is 6.34. The quantitative estimate of drug-likeness (QED) is 0.188. The number of carbonyl (C=O) groups is 2. The van der Waals surface area contributed by atoms with Crippen LogP contribution in [0.4, 0.5) is 10.5 Å². The Balaban J connectivity index is 1.53. The average molecular weight is 525 g/mol. The largest absolute Gasteiger partial charge is 0.493 e. The van der Waals surface area contributed by atoms with Gasteiger partial charge in [-0.3, -0.25) is 0 Å². The van der Waals surface area contributed by atoms with Crippen LogP contribution < -0.4 is 0 Å². The molecule has 1 fully saturated rings. The number of unbranched alkanes of at least 4 members (excludes halogenated alkanes) is 2. The fourth-order valence-electron chi connectivity index (χ4n) is 4.25. The molecule has 10 heteroatoms. The first-order valence-electron chi connectivity index (χ1n) is 12.6. The third kappa shape index (κ3) is 6.69. The Morgan fingerprint density at radius 1 is 1.08 bits per heavy atom. The molecular weight excluding hydrogens is 492 g/mol. The van der Waals surface area contributed by atoms with Crippen LogP contribution >= 0.6 is 11.8 Å². The molecule has 1 aliphatic heterocycles. The Labute approximate surface area is 220 Å². The van der Waals surface area contributed by atoms with Crippen LogP contribution in [-0.2, 0) is 17.7 Å². The summed E-state index contributed by atoms with van der Waals surface area (Å²) in [6.45, 7) is 4.70. The van der Waals surface area contributed by atoms with E-state index >= 15 is 0 Å². The number of aryl methyl sites for hydroxylation is 2. The van der Waals surface area contributed by atoms with E-state index in [1.165, 1.54) is 0 Å². The van der Waals surface area contributed by atoms with Crippen molar-refractivity contribution < 1.29 is 24.5 Å². The van der Waals surface area contributed by atoms with Gasteiger partial charge < -0.3 is 24.4 Å². The lowest BCUT2D eigenvalue weighted by Gasteiger charge is -2.24. The molecule has 9 nitrogen and oxygen atoms in total. The standard InChI is InChI=1S/C27H32N4O5S/c1-2-3-4-12-31-23-10-9-21(37-17-11-19-5-7-20(8-6-19)26(33)34)18-22(23)24(25(31)32)28-29-27(35)30-13-15-36-16-14-30/h5-10,18,32H,2-4,11-17H2,1H3,(H,33,34). The van der Waals surface area contributed by atoms with Crippen molar-refractivity contribution in [3.63, 3.8) is 0 Å². The minimum atomic E-state index is -0.932. The first-order valence-corrected chi connectivity index (χ1v) is 13.5. The van der Waals surface area contributed by atoms with E-state index in [4.69, 9.17) is 9.84 Å². The van der Waals surface area contributed by atoms with Gasteiger partial charge in [0.05, 0.1) is 24.3 Å². The average Bonchev–Trinajstić information content (AvgIpc) is 3.18. The van der Waals surface area contributed by atoms with E-state index in [0.29, 0.717) is 38.5 Å². The molecule has 2 amide bonds. The van der Waals surface area contributed by atoms with Crippen LogP contribution in [-0.4, -0.2) is 63.7 Å². The van der Waals surface area contributed by atoms with Crippen molar-refractivity contribution in [2.75, 3.05) is 32.1 Å². The lowest BCUT2D eigenvalue weighted by Crippen LogP contribution is -2.39. The molecule has 2 aromatic carbocycles. The molecule has 0 radical (unpaired) electrons. The zero-order valence-electron chi connectivity index (χ0n) is 20.9. The van der Waals surface area contributed by atoms with Gasteiger partial charge in [-0.25, -0.2) is 9.59 Å². The maximum atomic E-state index is 12.5. The molecule has 1 aliphatic rings. The van der Waals surface area contributed by atoms with Gasteiger partial charge in [0.15, 0.2) is 5.69 Å². The van der Waals surface area contributed by atoms with Crippen LogP contribution in [0.2, 0.25) is 0 Å². The lowest BCUT2D eigenvalue weighted by molar-refractivity contribution is 0.0552. The number of carbonyl (C=O) groups excluding carboxylic acids is 1. The highest BCUT2D eigenvalue weighted by molar-refractivity contribution is 7.99. The molecule has 2 heterocycles. The zero-order chi connectivity index (χ0) is 26.2. The number of azo groups is 1. The summed E-state index contributed by atoms with van der Waals surface area (Å²) in [6, 6.07) is 12.5. The summed E-state index contributed by atoms with van der Waals surface area (Å²) >= 11 is 1.66. The van der Waals surface area contributed by atoms with Crippen molar-refractivity contribution >= 4 is 40.4 Å². The molecule has 2 N–H and O–H groups in total. The molecule has 4 rings (SSSR count). The van der Waals surface area contributed by atoms with Crippen LogP contribution in [0.5, 0.6) is 5.88 Å². The second kappa shape index (κ2) is 12.7. The fourth-order valence-corrected chi connectivity index (χ4v) is 5.19. The van der Waals surface area contributed by atoms with Crippen LogP contribution in [0.1, 0.15) is 42.1 Å². The minimum absolute atomic E-state index is 0.0188. The van der Waals surface area contributed by atoms with Gasteiger partial charge in [0.1, 0.15) is 0 Å². The lowest BCUT2D eigenvalue weighted by atomic mass is 10.1. The van der Waals surface area contributed by atoms with Gasteiger partial charge in [0.25, 0.3) is 0 Å². The van der Waals surface area contributed by atoms with E-state index in [1.54, 1.807) is 28.8 Å². The number of urea groups is 1. The second-order valence-electron chi connectivity index (χ2n) is 8.89. The number of benzene rings is 2. The maximum Gasteiger partial charge on any atom is 0.362 e. The van der Waals surface area contributed by atoms with Crippen molar-refractivity contribution in [1.29, 1.82) is 0 Å². The number of carboxylic acids is 1. The van der Waals surface area contributed by atoms with E-state index in [9.17, 15) is 14.7 Å². The summed E-state index contributed by atoms with van der Waals surface area (Å²) in [5.41, 5.74) is 2.50. The molecule has 37 heavy (non-hydrogen) atoms. The Morgan fingerprint density at radius 3 is 2.54 bits per heavy atom. The highest BCUT2D eigenvalue weighted by Crippen LogP contribution is 2.41. The van der Waals surface area contributed by atoms with E-state index in [1.807, 2.05) is 34.9 Å². The zero-order valence-corrected chi connectivity index (χ0v) is 21.7. The Kier molecular flexibility index (Phi) is 9.19. The van der Waals surface area contributed by atoms with Gasteiger partial charge in [0, 0.05) is 35.7 Å². The summed E-state index contributed by atoms with van der Waals surface area (Å²) in [4.78, 5) is 26.2. The number of carboxylic acid groups (broad SMARTS) is 1. The SMILES string of the molecule is CCCCCn1c(O)c(N=NC(=O)N2CCOCC2)c2cc(SCCc3ccc(C(=O)O)cc3)ccc21. The summed E-state index contributed by atoms with van der Waals surface area (Å²) in [6.07, 6.45) is 3.83. The number of hydrogen-bond donors (Lipinski definition) is 2. The van der Waals surface area contributed by atoms with E-state index < -0.39 is 12.0 Å². The fraction of sp³-hybridized carbons (Fsp3) is 0.407. The number of rotatable bonds is 10. The number of morpholine rings is 1. The van der Waals surface area contributed by atoms with Gasteiger partial charge in [-0.2, -0.15) is 0 Å². The van der Waals surface area contributed by atoms with Crippen molar-refractivity contribution in [3.8, 4) is 5.88 Å². The highest BCUT2D eigenvalue weighted by Gasteiger charge is 2.20. The Bertz CT molecular complexity index is 1270. The van der Waals surface area contributed by atoms with Crippen molar-refractivity contribution in [2.24, 2.45) is 10.2 Å². The van der Waals surface area contributed by atoms with Gasteiger partial charge in [-0.05, 0) is 48.7 Å². The van der Waals surface area contributed by atoms with E-state index in [2.05, 4.69) is 17.2 Å². The Morgan fingerprint density at radius 2 is 1.84 bits per heavy atom. The number of nitrogens with zero attached hydrogens (tertiary/aromatic N) is 4. The molecule has 0 spiro atoms. The summed E-state index contributed by atoms with van der Waals surface area (Å²) in [7, 11) is 0. The molecule has 3 aromatic rings. The molecule has 1 saturated heterocycles. The van der Waals surface area contributed by atoms with E-state index in [0.717, 1.165) is 52.8 Å². The van der Waals surface area contributed by atoms with E-state index in [-0.39, 0.29) is 11.4 Å². The van der Waals surface area contributed by atoms with Crippen LogP contribution in [0.3, 0.4) is 0 Å². The van der Waals surface area contributed by atoms with Crippen LogP contribution in [0.15, 0.2) is 57.6 Å². The second-order valence-corrected chi connectivity index (χ2v) is 10.1. The molecular formula is C27H32N4O5S. The first-order chi connectivity index (χ1) is 18.0. The van der Waals surface area contributed by atoms with Gasteiger partial charge in [-0.1, -0.05) is 37.0 Å². The van der Waals surface area contributed by atoms with Crippen LogP contribution in [0.25, 0.3) is 10.9 Å². The topological polar surface area (TPSA) is 117 Å². The minimum Gasteiger partial charge on any atom is -0.493 e. The first kappa shape index (κ1) is 26.7. The molecule has 0 aliphatic carbocycles. The number of ether oxygens (including phenoxy) is 1. The highest BCUT2D eigenvalue weighted by atomic mass is 32.2. The number of amides is 2. The molecule has 0 unspecified atom stereocenters. The number of thioether (sulfide) groups is 1. The number of hydrogen-bond acceptors (Lipinski definition) is 6. The van der Waals surface area contributed by atoms with Crippen molar-refractivity contribution in [2.45, 2.75) is 44.0 Å².